The van der Waals surface area contributed by atoms with Gasteiger partial charge in [0.15, 0.2) is 0 Å². The number of benzene rings is 2. The van der Waals surface area contributed by atoms with Gasteiger partial charge in [-0.05, 0) is 24.1 Å². The van der Waals surface area contributed by atoms with Gasteiger partial charge in [-0.15, -0.1) is 0 Å². The third kappa shape index (κ3) is 2.63. The highest BCUT2D eigenvalue weighted by atomic mass is 16.6. The maximum absolute atomic E-state index is 12.0. The average Bonchev–Trinajstić information content (AvgIpc) is 2.83. The highest BCUT2D eigenvalue weighted by Gasteiger charge is 2.29. The first-order chi connectivity index (χ1) is 10.7. The molecule has 0 aromatic heterocycles. The number of hydrogen-bond donors (Lipinski definition) is 2. The smallest absolute Gasteiger partial charge is 0.292 e. The van der Waals surface area contributed by atoms with Crippen LogP contribution < -0.4 is 10.6 Å². The Hall–Kier alpha value is -2.89. The van der Waals surface area contributed by atoms with E-state index in [0.29, 0.717) is 18.7 Å². The van der Waals surface area contributed by atoms with Crippen LogP contribution in [0, 0.1) is 10.1 Å². The molecular weight excluding hydrogens is 282 g/mol. The van der Waals surface area contributed by atoms with E-state index in [1.54, 1.807) is 18.2 Å². The van der Waals surface area contributed by atoms with Crippen LogP contribution in [0.15, 0.2) is 48.5 Å². The Labute approximate surface area is 127 Å². The molecule has 2 aromatic rings. The lowest BCUT2D eigenvalue weighted by molar-refractivity contribution is -0.384. The number of carbonyl (C=O) groups excluding carboxylic acids is 1. The monoisotopic (exact) mass is 297 g/mol. The molecule has 1 aliphatic rings. The second kappa shape index (κ2) is 5.85. The van der Waals surface area contributed by atoms with Crippen molar-refractivity contribution in [1.82, 2.24) is 0 Å². The van der Waals surface area contributed by atoms with Gasteiger partial charge in [0, 0.05) is 18.3 Å². The van der Waals surface area contributed by atoms with E-state index >= 15 is 0 Å². The standard InChI is InChI=1S/C16H15N3O3/c20-16-12(11-5-1-2-6-13(11)18-16)9-10-17-14-7-3-4-8-15(14)19(21)22/h1-8,12,17H,9-10H2,(H,18,20)/t12-/m0/s1. The van der Waals surface area contributed by atoms with E-state index < -0.39 is 4.92 Å². The lowest BCUT2D eigenvalue weighted by atomic mass is 9.97. The number of carbonyl (C=O) groups is 1. The van der Waals surface area contributed by atoms with Crippen molar-refractivity contribution in [1.29, 1.82) is 0 Å². The van der Waals surface area contributed by atoms with Gasteiger partial charge < -0.3 is 10.6 Å². The summed E-state index contributed by atoms with van der Waals surface area (Å²) < 4.78 is 0. The number of nitrogens with zero attached hydrogens (tertiary/aromatic N) is 1. The van der Waals surface area contributed by atoms with E-state index in [9.17, 15) is 14.9 Å². The Balaban J connectivity index is 1.67. The molecule has 6 heteroatoms. The summed E-state index contributed by atoms with van der Waals surface area (Å²) in [6.07, 6.45) is 0.578. The van der Waals surface area contributed by atoms with Crippen LogP contribution in [0.1, 0.15) is 17.9 Å². The molecule has 0 spiro atoms. The lowest BCUT2D eigenvalue weighted by Gasteiger charge is -2.11. The first-order valence-electron chi connectivity index (χ1n) is 7.04. The number of nitrogens with one attached hydrogen (secondary N) is 2. The normalized spacial score (nSPS) is 16.0. The Morgan fingerprint density at radius 3 is 2.68 bits per heavy atom. The molecule has 0 unspecified atom stereocenters. The molecular formula is C16H15N3O3. The molecule has 6 nitrogen and oxygen atoms in total. The maximum Gasteiger partial charge on any atom is 0.292 e. The van der Waals surface area contributed by atoms with E-state index in [-0.39, 0.29) is 17.5 Å². The molecule has 2 aromatic carbocycles. The van der Waals surface area contributed by atoms with E-state index in [0.717, 1.165) is 11.3 Å². The second-order valence-electron chi connectivity index (χ2n) is 5.12. The van der Waals surface area contributed by atoms with Crippen molar-refractivity contribution in [3.05, 3.63) is 64.2 Å². The summed E-state index contributed by atoms with van der Waals surface area (Å²) >= 11 is 0. The molecule has 0 bridgehead atoms. The largest absolute Gasteiger partial charge is 0.379 e. The highest BCUT2D eigenvalue weighted by Crippen LogP contribution is 2.34. The van der Waals surface area contributed by atoms with Gasteiger partial charge in [-0.1, -0.05) is 30.3 Å². The zero-order valence-corrected chi connectivity index (χ0v) is 11.8. The van der Waals surface area contributed by atoms with Crippen molar-refractivity contribution < 1.29 is 9.72 Å². The molecule has 1 heterocycles. The fourth-order valence-corrected chi connectivity index (χ4v) is 2.70. The van der Waals surface area contributed by atoms with Gasteiger partial charge in [0.25, 0.3) is 5.69 Å². The average molecular weight is 297 g/mol. The van der Waals surface area contributed by atoms with Crippen molar-refractivity contribution >= 4 is 23.0 Å². The quantitative estimate of drug-likeness (QED) is 0.656. The van der Waals surface area contributed by atoms with Crippen LogP contribution in [0.4, 0.5) is 17.1 Å². The number of rotatable bonds is 5. The Morgan fingerprint density at radius 1 is 1.14 bits per heavy atom. The van der Waals surface area contributed by atoms with Crippen molar-refractivity contribution in [2.75, 3.05) is 17.2 Å². The lowest BCUT2D eigenvalue weighted by Crippen LogP contribution is -2.16. The highest BCUT2D eigenvalue weighted by molar-refractivity contribution is 6.02. The molecule has 0 fully saturated rings. The molecule has 1 amide bonds. The fourth-order valence-electron chi connectivity index (χ4n) is 2.70. The summed E-state index contributed by atoms with van der Waals surface area (Å²) in [4.78, 5) is 22.5. The molecule has 0 saturated carbocycles. The predicted molar refractivity (Wildman–Crippen MR) is 84.0 cm³/mol. The Bertz CT molecular complexity index is 730. The van der Waals surface area contributed by atoms with Crippen molar-refractivity contribution in [3.8, 4) is 0 Å². The molecule has 0 aliphatic carbocycles. The van der Waals surface area contributed by atoms with Gasteiger partial charge in [-0.3, -0.25) is 14.9 Å². The summed E-state index contributed by atoms with van der Waals surface area (Å²) in [5.74, 6) is -0.239. The van der Waals surface area contributed by atoms with Gasteiger partial charge >= 0.3 is 0 Å². The first kappa shape index (κ1) is 14.1. The zero-order chi connectivity index (χ0) is 15.5. The topological polar surface area (TPSA) is 84.3 Å². The number of nitro groups is 1. The van der Waals surface area contributed by atoms with Crippen molar-refractivity contribution in [3.63, 3.8) is 0 Å². The molecule has 0 radical (unpaired) electrons. The van der Waals surface area contributed by atoms with Crippen LogP contribution in [-0.2, 0) is 4.79 Å². The number of fused-ring (bicyclic) bond motifs is 1. The fraction of sp³-hybridized carbons (Fsp3) is 0.188. The summed E-state index contributed by atoms with van der Waals surface area (Å²) in [5, 5.41) is 16.9. The number of hydrogen-bond acceptors (Lipinski definition) is 4. The third-order valence-corrected chi connectivity index (χ3v) is 3.76. The summed E-state index contributed by atoms with van der Waals surface area (Å²) in [5.41, 5.74) is 2.35. The van der Waals surface area contributed by atoms with Crippen LogP contribution in [0.25, 0.3) is 0 Å². The Morgan fingerprint density at radius 2 is 1.86 bits per heavy atom. The minimum atomic E-state index is -0.417. The van der Waals surface area contributed by atoms with Gasteiger partial charge in [0.1, 0.15) is 5.69 Å². The Kier molecular flexibility index (Phi) is 3.74. The third-order valence-electron chi connectivity index (χ3n) is 3.76. The molecule has 0 saturated heterocycles. The van der Waals surface area contributed by atoms with Gasteiger partial charge in [0.05, 0.1) is 10.8 Å². The van der Waals surface area contributed by atoms with Gasteiger partial charge in [0.2, 0.25) is 5.91 Å². The maximum atomic E-state index is 12.0. The summed E-state index contributed by atoms with van der Waals surface area (Å²) in [6, 6.07) is 14.1. The summed E-state index contributed by atoms with van der Waals surface area (Å²) in [7, 11) is 0. The minimum absolute atomic E-state index is 0.0226. The van der Waals surface area contributed by atoms with E-state index in [1.807, 2.05) is 24.3 Å². The summed E-state index contributed by atoms with van der Waals surface area (Å²) in [6.45, 7) is 0.483. The van der Waals surface area contributed by atoms with Crippen LogP contribution in [-0.4, -0.2) is 17.4 Å². The number of para-hydroxylation sites is 3. The van der Waals surface area contributed by atoms with E-state index in [2.05, 4.69) is 10.6 Å². The number of amides is 1. The van der Waals surface area contributed by atoms with Crippen molar-refractivity contribution in [2.45, 2.75) is 12.3 Å². The van der Waals surface area contributed by atoms with Crippen LogP contribution >= 0.6 is 0 Å². The molecule has 22 heavy (non-hydrogen) atoms. The molecule has 1 aliphatic heterocycles. The van der Waals surface area contributed by atoms with Crippen LogP contribution in [0.2, 0.25) is 0 Å². The molecule has 2 N–H and O–H groups in total. The number of anilines is 2. The molecule has 112 valence electrons. The molecule has 1 atom stereocenters. The number of nitro benzene ring substituents is 1. The van der Waals surface area contributed by atoms with E-state index in [1.165, 1.54) is 6.07 Å². The first-order valence-corrected chi connectivity index (χ1v) is 7.04. The predicted octanol–water partition coefficient (Wildman–Crippen LogP) is 3.13. The zero-order valence-electron chi connectivity index (χ0n) is 11.8. The van der Waals surface area contributed by atoms with Crippen molar-refractivity contribution in [2.24, 2.45) is 0 Å². The second-order valence-corrected chi connectivity index (χ2v) is 5.12. The minimum Gasteiger partial charge on any atom is -0.379 e. The SMILES string of the molecule is O=C1Nc2ccccc2[C@@H]1CCNc1ccccc1[N+](=O)[O-]. The van der Waals surface area contributed by atoms with Crippen LogP contribution in [0.5, 0.6) is 0 Å². The van der Waals surface area contributed by atoms with Crippen LogP contribution in [0.3, 0.4) is 0 Å². The van der Waals surface area contributed by atoms with Gasteiger partial charge in [-0.2, -0.15) is 0 Å². The van der Waals surface area contributed by atoms with Gasteiger partial charge in [-0.25, -0.2) is 0 Å². The molecule has 3 rings (SSSR count). The van der Waals surface area contributed by atoms with E-state index in [4.69, 9.17) is 0 Å².